The van der Waals surface area contributed by atoms with E-state index in [0.29, 0.717) is 47.8 Å². The number of aryl methyl sites for hydroxylation is 2. The van der Waals surface area contributed by atoms with Crippen molar-refractivity contribution in [3.05, 3.63) is 119 Å². The Kier molecular flexibility index (Phi) is 8.45. The molecule has 0 aliphatic heterocycles. The number of aromatic hydroxyl groups is 2. The van der Waals surface area contributed by atoms with Gasteiger partial charge in [0.15, 0.2) is 11.6 Å². The molecule has 2 aliphatic carbocycles. The number of carbonyl (C=O) groups excluding carboxylic acids is 4. The molecule has 4 aromatic carbocycles. The van der Waals surface area contributed by atoms with Gasteiger partial charge < -0.3 is 28.8 Å². The van der Waals surface area contributed by atoms with E-state index in [1.165, 1.54) is 26.4 Å². The molecule has 50 heavy (non-hydrogen) atoms. The number of benzene rings is 4. The number of methoxy groups -OCH3 is 2. The fourth-order valence-corrected chi connectivity index (χ4v) is 7.36. The second kappa shape index (κ2) is 13.0. The lowest BCUT2D eigenvalue weighted by atomic mass is 9.92. The van der Waals surface area contributed by atoms with Gasteiger partial charge >= 0.3 is 11.9 Å². The zero-order chi connectivity index (χ0) is 35.1. The highest BCUT2D eigenvalue weighted by Crippen LogP contribution is 2.41. The molecule has 0 saturated carbocycles. The summed E-state index contributed by atoms with van der Waals surface area (Å²) in [6.07, 6.45) is 3.80. The van der Waals surface area contributed by atoms with Crippen LogP contribution < -0.4 is 0 Å². The molecule has 8 rings (SSSR count). The highest BCUT2D eigenvalue weighted by Gasteiger charge is 2.32. The second-order valence-corrected chi connectivity index (χ2v) is 12.2. The number of phenols is 2. The van der Waals surface area contributed by atoms with Gasteiger partial charge in [-0.15, -0.1) is 0 Å². The number of ether oxygens (including phenoxy) is 2. The first-order valence-corrected chi connectivity index (χ1v) is 16.4. The fraction of sp³-hybridized carbons (Fsp3) is 0.200. The van der Waals surface area contributed by atoms with Crippen LogP contribution >= 0.6 is 0 Å². The van der Waals surface area contributed by atoms with Crippen molar-refractivity contribution < 1.29 is 38.9 Å². The molecule has 10 nitrogen and oxygen atoms in total. The normalized spacial score (nSPS) is 13.7. The topological polar surface area (TPSA) is 137 Å². The van der Waals surface area contributed by atoms with Gasteiger partial charge in [-0.1, -0.05) is 36.4 Å². The zero-order valence-corrected chi connectivity index (χ0v) is 27.6. The van der Waals surface area contributed by atoms with Crippen molar-refractivity contribution in [2.24, 2.45) is 0 Å². The Labute approximate surface area is 287 Å². The fourth-order valence-electron chi connectivity index (χ4n) is 7.36. The molecular formula is C40H34N2O8. The third-order valence-corrected chi connectivity index (χ3v) is 9.42. The summed E-state index contributed by atoms with van der Waals surface area (Å²) in [5.74, 6) is -1.37. The summed E-state index contributed by atoms with van der Waals surface area (Å²) in [5.41, 5.74) is 6.23. The molecule has 10 heteroatoms. The van der Waals surface area contributed by atoms with Gasteiger partial charge in [0.05, 0.1) is 36.6 Å². The van der Waals surface area contributed by atoms with Crippen LogP contribution in [0.1, 0.15) is 78.5 Å². The number of rotatable bonds is 4. The Morgan fingerprint density at radius 2 is 0.940 bits per heavy atom. The number of esters is 2. The van der Waals surface area contributed by atoms with Gasteiger partial charge in [0, 0.05) is 35.0 Å². The molecule has 0 bridgehead atoms. The number of hydrogen-bond acceptors (Lipinski definition) is 8. The summed E-state index contributed by atoms with van der Waals surface area (Å²) < 4.78 is 13.5. The highest BCUT2D eigenvalue weighted by atomic mass is 16.5. The summed E-state index contributed by atoms with van der Waals surface area (Å²) in [6, 6.07) is 25.6. The molecule has 6 aromatic rings. The summed E-state index contributed by atoms with van der Waals surface area (Å²) >= 11 is 0. The van der Waals surface area contributed by atoms with Gasteiger partial charge in [0.2, 0.25) is 0 Å². The third kappa shape index (κ3) is 5.20. The molecule has 0 atom stereocenters. The second-order valence-electron chi connectivity index (χ2n) is 12.2. The highest BCUT2D eigenvalue weighted by molar-refractivity contribution is 6.14. The molecule has 0 saturated heterocycles. The zero-order valence-electron chi connectivity index (χ0n) is 27.6. The van der Waals surface area contributed by atoms with Crippen LogP contribution in [0.4, 0.5) is 0 Å². The van der Waals surface area contributed by atoms with Gasteiger partial charge in [-0.2, -0.15) is 0 Å². The van der Waals surface area contributed by atoms with Crippen LogP contribution in [0, 0.1) is 0 Å². The van der Waals surface area contributed by atoms with Gasteiger partial charge in [0.1, 0.15) is 22.6 Å². The minimum atomic E-state index is -0.603. The number of fused-ring (bicyclic) bond motifs is 6. The van der Waals surface area contributed by atoms with Crippen molar-refractivity contribution in [3.8, 4) is 22.9 Å². The smallest absolute Gasteiger partial charge is 0.342 e. The van der Waals surface area contributed by atoms with E-state index < -0.39 is 11.9 Å². The SMILES string of the molecule is COC(=O)c1c(O)ccc2c1c1c(n2-c2ccccc2)C(=O)CCC1.COC(=O)c1c(O)ccc2c1c1c(n2-c2ccccc2)C(=O)CCC1. The molecular weight excluding hydrogens is 636 g/mol. The minimum absolute atomic E-state index is 0.0524. The number of aromatic nitrogens is 2. The van der Waals surface area contributed by atoms with E-state index in [-0.39, 0.29) is 34.2 Å². The van der Waals surface area contributed by atoms with Crippen LogP contribution in [-0.4, -0.2) is 57.1 Å². The molecule has 0 unspecified atom stereocenters. The van der Waals surface area contributed by atoms with E-state index in [4.69, 9.17) is 9.47 Å². The molecule has 2 aromatic heterocycles. The van der Waals surface area contributed by atoms with E-state index in [2.05, 4.69) is 0 Å². The van der Waals surface area contributed by atoms with Gasteiger partial charge in [-0.25, -0.2) is 9.59 Å². The molecule has 0 spiro atoms. The summed E-state index contributed by atoms with van der Waals surface area (Å²) in [5, 5.41) is 21.7. The minimum Gasteiger partial charge on any atom is -0.507 e. The quantitative estimate of drug-likeness (QED) is 0.187. The van der Waals surface area contributed by atoms with Crippen molar-refractivity contribution in [1.82, 2.24) is 9.13 Å². The van der Waals surface area contributed by atoms with Crippen LogP contribution in [0.2, 0.25) is 0 Å². The Hall–Kier alpha value is -6.16. The van der Waals surface area contributed by atoms with Crippen molar-refractivity contribution in [2.45, 2.75) is 38.5 Å². The van der Waals surface area contributed by atoms with Crippen LogP contribution in [-0.2, 0) is 22.3 Å². The van der Waals surface area contributed by atoms with E-state index in [0.717, 1.165) is 46.4 Å². The number of hydrogen-bond donors (Lipinski definition) is 2. The van der Waals surface area contributed by atoms with Crippen molar-refractivity contribution in [1.29, 1.82) is 0 Å². The Morgan fingerprint density at radius 1 is 0.560 bits per heavy atom. The summed E-state index contributed by atoms with van der Waals surface area (Å²) in [4.78, 5) is 49.9. The molecule has 2 heterocycles. The lowest BCUT2D eigenvalue weighted by Gasteiger charge is -2.15. The number of ketones is 2. The van der Waals surface area contributed by atoms with Crippen LogP contribution in [0.5, 0.6) is 11.5 Å². The first kappa shape index (κ1) is 32.4. The maximum Gasteiger partial charge on any atom is 0.342 e. The van der Waals surface area contributed by atoms with Crippen LogP contribution in [0.25, 0.3) is 33.2 Å². The van der Waals surface area contributed by atoms with E-state index in [9.17, 15) is 29.4 Å². The first-order chi connectivity index (χ1) is 24.3. The van der Waals surface area contributed by atoms with Crippen LogP contribution in [0.3, 0.4) is 0 Å². The summed E-state index contributed by atoms with van der Waals surface area (Å²) in [7, 11) is 2.57. The largest absolute Gasteiger partial charge is 0.507 e. The molecule has 2 N–H and O–H groups in total. The van der Waals surface area contributed by atoms with E-state index in [1.54, 1.807) is 12.1 Å². The third-order valence-electron chi connectivity index (χ3n) is 9.42. The average molecular weight is 671 g/mol. The number of Topliss-reactive ketones (excluding diaryl/α,β-unsaturated/α-hetero) is 2. The predicted octanol–water partition coefficient (Wildman–Crippen LogP) is 7.28. The Balaban J connectivity index is 0.000000157. The van der Waals surface area contributed by atoms with E-state index in [1.807, 2.05) is 69.8 Å². The molecule has 2 aliphatic rings. The van der Waals surface area contributed by atoms with Crippen molar-refractivity contribution >= 4 is 45.3 Å². The number of carbonyl (C=O) groups is 4. The molecule has 0 amide bonds. The Bertz CT molecular complexity index is 2170. The van der Waals surface area contributed by atoms with Crippen molar-refractivity contribution in [2.75, 3.05) is 14.2 Å². The first-order valence-electron chi connectivity index (χ1n) is 16.4. The average Bonchev–Trinajstić information content (AvgIpc) is 3.67. The van der Waals surface area contributed by atoms with Gasteiger partial charge in [-0.05, 0) is 85.3 Å². The van der Waals surface area contributed by atoms with Gasteiger partial charge in [-0.3, -0.25) is 9.59 Å². The maximum atomic E-state index is 12.7. The molecule has 0 fully saturated rings. The summed E-state index contributed by atoms with van der Waals surface area (Å²) in [6.45, 7) is 0. The maximum absolute atomic E-state index is 12.7. The van der Waals surface area contributed by atoms with Gasteiger partial charge in [0.25, 0.3) is 0 Å². The predicted molar refractivity (Wildman–Crippen MR) is 187 cm³/mol. The van der Waals surface area contributed by atoms with Crippen LogP contribution in [0.15, 0.2) is 84.9 Å². The number of nitrogens with zero attached hydrogens (tertiary/aromatic N) is 2. The number of phenolic OH excluding ortho intramolecular Hbond substituents is 2. The molecule has 0 radical (unpaired) electrons. The Morgan fingerprint density at radius 3 is 1.30 bits per heavy atom. The lowest BCUT2D eigenvalue weighted by Crippen LogP contribution is -2.14. The van der Waals surface area contributed by atoms with Crippen molar-refractivity contribution in [3.63, 3.8) is 0 Å². The lowest BCUT2D eigenvalue weighted by molar-refractivity contribution is 0.0590. The van der Waals surface area contributed by atoms with E-state index >= 15 is 0 Å². The standard InChI is InChI=1S/2C20H17NO4/c2*1-25-20(24)18-15(22)11-10-14-17(18)13-8-5-9-16(23)19(13)21(14)12-6-3-2-4-7-12/h2*2-4,6-7,10-11,22H,5,8-9H2,1H3. The monoisotopic (exact) mass is 670 g/mol. The molecule has 252 valence electrons. The number of para-hydroxylation sites is 2.